The number of rotatable bonds is 0. The van der Waals surface area contributed by atoms with Gasteiger partial charge in [0.2, 0.25) is 0 Å². The van der Waals surface area contributed by atoms with Crippen molar-refractivity contribution in [2.24, 2.45) is 4.99 Å². The summed E-state index contributed by atoms with van der Waals surface area (Å²) < 4.78 is 0.0169. The maximum atomic E-state index is 4.30. The van der Waals surface area contributed by atoms with E-state index in [1.54, 1.807) is 11.8 Å². The molecule has 0 amide bonds. The molecule has 1 atom stereocenters. The molecule has 0 fully saturated rings. The van der Waals surface area contributed by atoms with Crippen LogP contribution in [0.4, 0.5) is 0 Å². The summed E-state index contributed by atoms with van der Waals surface area (Å²) in [6, 6.07) is 0. The molecule has 0 aromatic heterocycles. The van der Waals surface area contributed by atoms with Crippen molar-refractivity contribution in [1.82, 2.24) is 0 Å². The molecule has 0 spiro atoms. The summed E-state index contributed by atoms with van der Waals surface area (Å²) in [6.07, 6.45) is 0. The molecule has 1 heterocycles. The number of halogens is 1. The van der Waals surface area contributed by atoms with Gasteiger partial charge in [0.1, 0.15) is 3.55 Å². The molecule has 0 aliphatic carbocycles. The molecule has 0 N–H and O–H groups in total. The fourth-order valence-electron chi connectivity index (χ4n) is 0.471. The lowest BCUT2D eigenvalue weighted by molar-refractivity contribution is 0.837. The first-order valence-corrected chi connectivity index (χ1v) is 4.70. The van der Waals surface area contributed by atoms with Gasteiger partial charge in [-0.1, -0.05) is 11.8 Å². The predicted molar refractivity (Wildman–Crippen MR) is 52.3 cm³/mol. The average molecular weight is 253 g/mol. The van der Waals surface area contributed by atoms with Crippen LogP contribution in [-0.4, -0.2) is 9.09 Å². The van der Waals surface area contributed by atoms with Crippen LogP contribution in [0.2, 0.25) is 0 Å². The van der Waals surface area contributed by atoms with E-state index in [1.165, 1.54) is 5.57 Å². The predicted octanol–water partition coefficient (Wildman–Crippen LogP) is 2.82. The summed E-state index contributed by atoms with van der Waals surface area (Å²) in [5.41, 5.74) is 3.22. The molecular weight excluding hydrogens is 245 g/mol. The minimum Gasteiger partial charge on any atom is -0.265 e. The lowest BCUT2D eigenvalue weighted by Crippen LogP contribution is -2.14. The SMILES string of the molecule is CC1=CSC=NC1(C)I. The highest BCUT2D eigenvalue weighted by molar-refractivity contribution is 14.1. The lowest BCUT2D eigenvalue weighted by atomic mass is 10.2. The smallest absolute Gasteiger partial charge is 0.131 e. The van der Waals surface area contributed by atoms with Crippen LogP contribution in [0.3, 0.4) is 0 Å². The van der Waals surface area contributed by atoms with E-state index in [-0.39, 0.29) is 3.55 Å². The summed E-state index contributed by atoms with van der Waals surface area (Å²) in [6.45, 7) is 4.21. The minimum absolute atomic E-state index is 0.0169. The van der Waals surface area contributed by atoms with Crippen molar-refractivity contribution in [2.75, 3.05) is 0 Å². The lowest BCUT2D eigenvalue weighted by Gasteiger charge is -2.20. The molecule has 1 nitrogen and oxygen atoms in total. The second-order valence-corrected chi connectivity index (χ2v) is 4.94. The van der Waals surface area contributed by atoms with Crippen LogP contribution in [0.25, 0.3) is 0 Å². The van der Waals surface area contributed by atoms with E-state index in [0.29, 0.717) is 0 Å². The van der Waals surface area contributed by atoms with Crippen LogP contribution in [0.15, 0.2) is 16.0 Å². The zero-order chi connectivity index (χ0) is 6.91. The highest BCUT2D eigenvalue weighted by Gasteiger charge is 2.21. The largest absolute Gasteiger partial charge is 0.265 e. The average Bonchev–Trinajstić information content (AvgIpc) is 1.77. The summed E-state index contributed by atoms with van der Waals surface area (Å²) in [4.78, 5) is 4.30. The van der Waals surface area contributed by atoms with Crippen LogP contribution < -0.4 is 0 Å². The Morgan fingerprint density at radius 3 is 2.78 bits per heavy atom. The molecule has 50 valence electrons. The van der Waals surface area contributed by atoms with Crippen molar-refractivity contribution in [3.05, 3.63) is 11.0 Å². The second-order valence-electron chi connectivity index (χ2n) is 2.12. The first kappa shape index (κ1) is 7.60. The molecule has 0 bridgehead atoms. The number of nitrogens with zero attached hydrogens (tertiary/aromatic N) is 1. The Labute approximate surface area is 73.1 Å². The third-order valence-electron chi connectivity index (χ3n) is 1.32. The molecule has 0 aromatic rings. The summed E-state index contributed by atoms with van der Waals surface area (Å²) >= 11 is 3.98. The Morgan fingerprint density at radius 2 is 2.44 bits per heavy atom. The van der Waals surface area contributed by atoms with Gasteiger partial charge in [0.15, 0.2) is 0 Å². The molecule has 0 radical (unpaired) electrons. The number of aliphatic imine (C=N–C) groups is 1. The molecule has 0 saturated carbocycles. The van der Waals surface area contributed by atoms with Gasteiger partial charge >= 0.3 is 0 Å². The summed E-state index contributed by atoms with van der Waals surface area (Å²) in [7, 11) is 0. The number of thioether (sulfide) groups is 1. The molecule has 1 aliphatic heterocycles. The third-order valence-corrected chi connectivity index (χ3v) is 3.17. The molecule has 1 unspecified atom stereocenters. The standard InChI is InChI=1S/C6H8INS/c1-5-3-9-4-8-6(5,2)7/h3-4H,1-2H3. The highest BCUT2D eigenvalue weighted by Crippen LogP contribution is 2.33. The topological polar surface area (TPSA) is 12.4 Å². The quantitative estimate of drug-likeness (QED) is 0.367. The zero-order valence-electron chi connectivity index (χ0n) is 5.39. The fraction of sp³-hybridized carbons (Fsp3) is 0.500. The number of alkyl halides is 1. The van der Waals surface area contributed by atoms with Gasteiger partial charge in [0.05, 0.1) is 5.55 Å². The van der Waals surface area contributed by atoms with Gasteiger partial charge in [0.25, 0.3) is 0 Å². The number of hydrogen-bond acceptors (Lipinski definition) is 2. The van der Waals surface area contributed by atoms with Gasteiger partial charge in [-0.3, -0.25) is 4.99 Å². The van der Waals surface area contributed by atoms with Crippen molar-refractivity contribution in [2.45, 2.75) is 17.4 Å². The Hall–Kier alpha value is 0.490. The van der Waals surface area contributed by atoms with Crippen molar-refractivity contribution in [3.63, 3.8) is 0 Å². The van der Waals surface area contributed by atoms with Crippen molar-refractivity contribution < 1.29 is 0 Å². The molecule has 1 aliphatic rings. The third kappa shape index (κ3) is 1.70. The van der Waals surface area contributed by atoms with E-state index in [2.05, 4.69) is 46.8 Å². The molecule has 0 saturated heterocycles. The highest BCUT2D eigenvalue weighted by atomic mass is 127. The van der Waals surface area contributed by atoms with E-state index in [4.69, 9.17) is 0 Å². The molecule has 3 heteroatoms. The molecule has 9 heavy (non-hydrogen) atoms. The van der Waals surface area contributed by atoms with Gasteiger partial charge in [-0.15, -0.1) is 0 Å². The normalized spacial score (nSPS) is 34.3. The zero-order valence-corrected chi connectivity index (χ0v) is 8.36. The minimum atomic E-state index is 0.0169. The van der Waals surface area contributed by atoms with E-state index >= 15 is 0 Å². The van der Waals surface area contributed by atoms with Crippen molar-refractivity contribution in [1.29, 1.82) is 0 Å². The van der Waals surface area contributed by atoms with Gasteiger partial charge in [-0.05, 0) is 47.4 Å². The van der Waals surface area contributed by atoms with E-state index in [0.717, 1.165) is 0 Å². The number of hydrogen-bond donors (Lipinski definition) is 0. The first-order chi connectivity index (χ1) is 4.13. The van der Waals surface area contributed by atoms with Gasteiger partial charge in [-0.25, -0.2) is 0 Å². The first-order valence-electron chi connectivity index (χ1n) is 2.68. The van der Waals surface area contributed by atoms with Crippen molar-refractivity contribution >= 4 is 39.9 Å². The monoisotopic (exact) mass is 253 g/mol. The van der Waals surface area contributed by atoms with Crippen LogP contribution in [0.5, 0.6) is 0 Å². The Morgan fingerprint density at radius 1 is 1.78 bits per heavy atom. The summed E-state index contributed by atoms with van der Waals surface area (Å²) in [5, 5.41) is 2.14. The van der Waals surface area contributed by atoms with Gasteiger partial charge < -0.3 is 0 Å². The maximum absolute atomic E-state index is 4.30. The Bertz CT molecular complexity index is 172. The maximum Gasteiger partial charge on any atom is 0.131 e. The molecular formula is C6H8INS. The van der Waals surface area contributed by atoms with E-state index in [1.807, 2.05) is 5.55 Å². The van der Waals surface area contributed by atoms with E-state index < -0.39 is 0 Å². The Kier molecular flexibility index (Phi) is 2.21. The molecule has 1 rings (SSSR count). The van der Waals surface area contributed by atoms with Crippen LogP contribution in [0, 0.1) is 0 Å². The van der Waals surface area contributed by atoms with Crippen LogP contribution >= 0.6 is 34.4 Å². The van der Waals surface area contributed by atoms with Crippen LogP contribution in [-0.2, 0) is 0 Å². The fourth-order valence-corrected chi connectivity index (χ4v) is 1.93. The molecule has 0 aromatic carbocycles. The van der Waals surface area contributed by atoms with Crippen LogP contribution in [0.1, 0.15) is 13.8 Å². The van der Waals surface area contributed by atoms with Gasteiger partial charge in [-0.2, -0.15) is 0 Å². The van der Waals surface area contributed by atoms with E-state index in [9.17, 15) is 0 Å². The van der Waals surface area contributed by atoms with Gasteiger partial charge in [0, 0.05) is 0 Å². The second kappa shape index (κ2) is 2.62. The Balaban J connectivity index is 2.83. The summed E-state index contributed by atoms with van der Waals surface area (Å²) in [5.74, 6) is 0. The van der Waals surface area contributed by atoms with Crippen molar-refractivity contribution in [3.8, 4) is 0 Å².